The van der Waals surface area contributed by atoms with E-state index in [1.54, 1.807) is 12.1 Å². The predicted molar refractivity (Wildman–Crippen MR) is 118 cm³/mol. The van der Waals surface area contributed by atoms with Crippen LogP contribution in [0.1, 0.15) is 28.7 Å². The number of rotatable bonds is 5. The number of thiazole rings is 1. The van der Waals surface area contributed by atoms with E-state index in [9.17, 15) is 32.7 Å². The van der Waals surface area contributed by atoms with Crippen molar-refractivity contribution >= 4 is 44.8 Å². The van der Waals surface area contributed by atoms with Crippen LogP contribution in [0.3, 0.4) is 0 Å². The minimum atomic E-state index is -4.59. The molecule has 0 aliphatic heterocycles. The molecule has 2 heterocycles. The number of carbonyl (C=O) groups is 2. The van der Waals surface area contributed by atoms with Crippen molar-refractivity contribution in [3.05, 3.63) is 81.2 Å². The Kier molecular flexibility index (Phi) is 5.92. The second-order valence-electron chi connectivity index (χ2n) is 7.19. The van der Waals surface area contributed by atoms with E-state index >= 15 is 0 Å². The number of amides is 1. The highest BCUT2D eigenvalue weighted by atomic mass is 32.1. The Hall–Kier alpha value is -4.06. The fourth-order valence-electron chi connectivity index (χ4n) is 3.37. The molecule has 1 amide bonds. The van der Waals surface area contributed by atoms with Crippen molar-refractivity contribution in [3.63, 3.8) is 0 Å². The van der Waals surface area contributed by atoms with E-state index in [0.29, 0.717) is 0 Å². The molecular weight excluding hydrogens is 473 g/mol. The van der Waals surface area contributed by atoms with Gasteiger partial charge in [0.2, 0.25) is 5.91 Å². The van der Waals surface area contributed by atoms with Crippen LogP contribution in [0, 0.1) is 0 Å². The van der Waals surface area contributed by atoms with Gasteiger partial charge in [0.1, 0.15) is 0 Å². The van der Waals surface area contributed by atoms with Crippen LogP contribution in [0.2, 0.25) is 0 Å². The second kappa shape index (κ2) is 8.71. The van der Waals surface area contributed by atoms with Gasteiger partial charge in [0.25, 0.3) is 5.56 Å². The molecule has 0 radical (unpaired) electrons. The van der Waals surface area contributed by atoms with Crippen LogP contribution < -0.4 is 10.5 Å². The lowest BCUT2D eigenvalue weighted by Gasteiger charge is -2.19. The van der Waals surface area contributed by atoms with E-state index < -0.39 is 29.2 Å². The van der Waals surface area contributed by atoms with Crippen molar-refractivity contribution < 1.29 is 27.9 Å². The van der Waals surface area contributed by atoms with Crippen molar-refractivity contribution in [2.75, 3.05) is 4.90 Å². The van der Waals surface area contributed by atoms with Gasteiger partial charge in [-0.25, -0.2) is 14.5 Å². The van der Waals surface area contributed by atoms with Gasteiger partial charge in [-0.3, -0.25) is 14.5 Å². The van der Waals surface area contributed by atoms with E-state index in [2.05, 4.69) is 10.1 Å². The number of aromatic nitrogens is 3. The van der Waals surface area contributed by atoms with E-state index in [1.807, 2.05) is 0 Å². The summed E-state index contributed by atoms with van der Waals surface area (Å²) in [5, 5.41) is 15.4. The van der Waals surface area contributed by atoms with Crippen LogP contribution in [0.5, 0.6) is 0 Å². The van der Waals surface area contributed by atoms with Crippen LogP contribution in [0.25, 0.3) is 10.8 Å². The molecular formula is C22H15F3N4O4S. The van der Waals surface area contributed by atoms with Crippen molar-refractivity contribution in [3.8, 4) is 0 Å². The molecule has 12 heteroatoms. The van der Waals surface area contributed by atoms with E-state index in [-0.39, 0.29) is 39.5 Å². The van der Waals surface area contributed by atoms with Crippen LogP contribution in [0.4, 0.5) is 24.0 Å². The molecule has 0 aliphatic rings. The van der Waals surface area contributed by atoms with Crippen LogP contribution in [-0.2, 0) is 17.5 Å². The Bertz CT molecular complexity index is 1480. The first-order valence-electron chi connectivity index (χ1n) is 9.72. The first-order chi connectivity index (χ1) is 16.1. The van der Waals surface area contributed by atoms with Gasteiger partial charge in [-0.05, 0) is 24.3 Å². The Morgan fingerprint density at radius 2 is 1.82 bits per heavy atom. The summed E-state index contributed by atoms with van der Waals surface area (Å²) in [5.41, 5.74) is -1.49. The minimum absolute atomic E-state index is 0.0163. The van der Waals surface area contributed by atoms with Gasteiger partial charge < -0.3 is 5.11 Å². The standard InChI is InChI=1S/C22H15F3N4O4S/c1-12(30)29(15-6-4-5-13(9-15)22(23,24)25)21-26-14(11-34-21)10-28-19(31)17-8-3-2-7-16(17)18(27-28)20(32)33/h2-9,11H,10H2,1H3,(H,32,33). The van der Waals surface area contributed by atoms with Crippen molar-refractivity contribution in [2.45, 2.75) is 19.6 Å². The van der Waals surface area contributed by atoms with E-state index in [4.69, 9.17) is 0 Å². The fourth-order valence-corrected chi connectivity index (χ4v) is 4.25. The SMILES string of the molecule is CC(=O)N(c1cccc(C(F)(F)F)c1)c1nc(Cn2nc(C(=O)O)c3ccccc3c2=O)cs1. The lowest BCUT2D eigenvalue weighted by atomic mass is 10.1. The van der Waals surface area contributed by atoms with Gasteiger partial charge in [-0.15, -0.1) is 11.3 Å². The van der Waals surface area contributed by atoms with E-state index in [1.165, 1.54) is 36.6 Å². The number of nitrogens with zero attached hydrogens (tertiary/aromatic N) is 4. The number of carboxylic acids is 1. The summed E-state index contributed by atoms with van der Waals surface area (Å²) in [6.07, 6.45) is -4.59. The van der Waals surface area contributed by atoms with Crippen LogP contribution in [-0.4, -0.2) is 31.7 Å². The molecule has 0 fully saturated rings. The third-order valence-electron chi connectivity index (χ3n) is 4.86. The molecule has 4 aromatic rings. The van der Waals surface area contributed by atoms with Crippen molar-refractivity contribution in [2.24, 2.45) is 0 Å². The van der Waals surface area contributed by atoms with Gasteiger partial charge in [-0.2, -0.15) is 18.3 Å². The van der Waals surface area contributed by atoms with E-state index in [0.717, 1.165) is 33.1 Å². The normalized spacial score (nSPS) is 11.5. The fraction of sp³-hybridized carbons (Fsp3) is 0.136. The third kappa shape index (κ3) is 4.39. The summed E-state index contributed by atoms with van der Waals surface area (Å²) < 4.78 is 40.3. The summed E-state index contributed by atoms with van der Waals surface area (Å²) >= 11 is 0.987. The molecule has 2 aromatic carbocycles. The zero-order valence-corrected chi connectivity index (χ0v) is 18.2. The maximum absolute atomic E-state index is 13.1. The molecule has 4 rings (SSSR count). The highest BCUT2D eigenvalue weighted by Gasteiger charge is 2.31. The van der Waals surface area contributed by atoms with Gasteiger partial charge >= 0.3 is 12.1 Å². The molecule has 0 saturated carbocycles. The Labute approximate surface area is 193 Å². The summed E-state index contributed by atoms with van der Waals surface area (Å²) in [5.74, 6) is -1.87. The predicted octanol–water partition coefficient (Wildman–Crippen LogP) is 4.30. The molecule has 0 bridgehead atoms. The monoisotopic (exact) mass is 488 g/mol. The molecule has 0 saturated heterocycles. The highest BCUT2D eigenvalue weighted by Crippen LogP contribution is 2.35. The average molecular weight is 488 g/mol. The number of aromatic carboxylic acids is 1. The van der Waals surface area contributed by atoms with Crippen molar-refractivity contribution in [1.29, 1.82) is 0 Å². The lowest BCUT2D eigenvalue weighted by Crippen LogP contribution is -2.27. The first kappa shape index (κ1) is 23.1. The van der Waals surface area contributed by atoms with Gasteiger partial charge in [-0.1, -0.05) is 24.3 Å². The number of hydrogen-bond donors (Lipinski definition) is 1. The molecule has 34 heavy (non-hydrogen) atoms. The number of fused-ring (bicyclic) bond motifs is 1. The van der Waals surface area contributed by atoms with Gasteiger partial charge in [0, 0.05) is 17.7 Å². The Morgan fingerprint density at radius 1 is 1.12 bits per heavy atom. The highest BCUT2D eigenvalue weighted by molar-refractivity contribution is 7.14. The van der Waals surface area contributed by atoms with Gasteiger partial charge in [0.05, 0.1) is 28.9 Å². The third-order valence-corrected chi connectivity index (χ3v) is 5.73. The Balaban J connectivity index is 1.72. The molecule has 8 nitrogen and oxygen atoms in total. The van der Waals surface area contributed by atoms with Crippen molar-refractivity contribution in [1.82, 2.24) is 14.8 Å². The quantitative estimate of drug-likeness (QED) is 0.449. The number of carbonyl (C=O) groups excluding carboxylic acids is 1. The maximum Gasteiger partial charge on any atom is 0.416 e. The first-order valence-corrected chi connectivity index (χ1v) is 10.6. The zero-order valence-electron chi connectivity index (χ0n) is 17.4. The second-order valence-corrected chi connectivity index (χ2v) is 8.02. The smallest absolute Gasteiger partial charge is 0.416 e. The summed E-state index contributed by atoms with van der Waals surface area (Å²) in [6.45, 7) is 0.991. The summed E-state index contributed by atoms with van der Waals surface area (Å²) in [6, 6.07) is 10.4. The molecule has 174 valence electrons. The molecule has 0 unspecified atom stereocenters. The number of alkyl halides is 3. The number of hydrogen-bond acceptors (Lipinski definition) is 6. The van der Waals surface area contributed by atoms with Gasteiger partial charge in [0.15, 0.2) is 10.8 Å². The lowest BCUT2D eigenvalue weighted by molar-refractivity contribution is -0.137. The Morgan fingerprint density at radius 3 is 2.47 bits per heavy atom. The molecule has 0 spiro atoms. The van der Waals surface area contributed by atoms with Crippen LogP contribution >= 0.6 is 11.3 Å². The topological polar surface area (TPSA) is 105 Å². The zero-order chi connectivity index (χ0) is 24.6. The maximum atomic E-state index is 13.1. The van der Waals surface area contributed by atoms with Crippen LogP contribution in [0.15, 0.2) is 58.7 Å². The number of anilines is 2. The molecule has 2 aromatic heterocycles. The summed E-state index contributed by atoms with van der Waals surface area (Å²) in [7, 11) is 0. The molecule has 0 atom stereocenters. The average Bonchev–Trinajstić information content (AvgIpc) is 3.23. The number of benzene rings is 2. The molecule has 0 aliphatic carbocycles. The minimum Gasteiger partial charge on any atom is -0.476 e. The number of halogens is 3. The molecule has 1 N–H and O–H groups in total. The largest absolute Gasteiger partial charge is 0.476 e. The summed E-state index contributed by atoms with van der Waals surface area (Å²) in [4.78, 5) is 42.0. The number of carboxylic acid groups (broad SMARTS) is 1.